The molecule has 4 unspecified atom stereocenters. The fourth-order valence-electron chi connectivity index (χ4n) is 4.35. The summed E-state index contributed by atoms with van der Waals surface area (Å²) < 4.78 is 0. The van der Waals surface area contributed by atoms with E-state index in [1.807, 2.05) is 0 Å². The lowest BCUT2D eigenvalue weighted by molar-refractivity contribution is -0.142. The molecule has 3 fully saturated rings. The van der Waals surface area contributed by atoms with Crippen molar-refractivity contribution in [3.8, 4) is 0 Å². The fraction of sp³-hybridized carbons (Fsp3) is 0.933. The van der Waals surface area contributed by atoms with Crippen molar-refractivity contribution in [2.24, 2.45) is 17.6 Å². The fourth-order valence-corrected chi connectivity index (χ4v) is 4.35. The third-order valence-electron chi connectivity index (χ3n) is 5.50. The van der Waals surface area contributed by atoms with E-state index in [0.29, 0.717) is 30.5 Å². The van der Waals surface area contributed by atoms with E-state index in [2.05, 4.69) is 16.7 Å². The minimum atomic E-state index is 0.209. The van der Waals surface area contributed by atoms with Crippen LogP contribution in [0.15, 0.2) is 0 Å². The van der Waals surface area contributed by atoms with E-state index in [-0.39, 0.29) is 5.92 Å². The van der Waals surface area contributed by atoms with Crippen molar-refractivity contribution >= 4 is 5.91 Å². The van der Waals surface area contributed by atoms with Crippen molar-refractivity contribution in [3.63, 3.8) is 0 Å². The van der Waals surface area contributed by atoms with E-state index in [1.165, 1.54) is 25.8 Å². The van der Waals surface area contributed by atoms with Crippen LogP contribution in [0, 0.1) is 11.8 Å². The quantitative estimate of drug-likeness (QED) is 0.812. The molecule has 0 aromatic rings. The number of rotatable bonds is 2. The van der Waals surface area contributed by atoms with Crippen LogP contribution in [-0.2, 0) is 4.79 Å². The van der Waals surface area contributed by atoms with E-state index in [1.54, 1.807) is 0 Å². The van der Waals surface area contributed by atoms with Crippen molar-refractivity contribution in [2.75, 3.05) is 26.2 Å². The lowest BCUT2D eigenvalue weighted by Gasteiger charge is -2.43. The highest BCUT2D eigenvalue weighted by Gasteiger charge is 2.41. The van der Waals surface area contributed by atoms with Gasteiger partial charge < -0.3 is 10.6 Å². The summed E-state index contributed by atoms with van der Waals surface area (Å²) in [6.45, 7) is 6.13. The van der Waals surface area contributed by atoms with E-state index < -0.39 is 0 Å². The lowest BCUT2D eigenvalue weighted by atomic mass is 9.93. The van der Waals surface area contributed by atoms with Crippen LogP contribution in [0.25, 0.3) is 0 Å². The molecule has 2 N–H and O–H groups in total. The Kier molecular flexibility index (Phi) is 3.81. The first-order valence-corrected chi connectivity index (χ1v) is 7.95. The number of nitrogens with zero attached hydrogens (tertiary/aromatic N) is 2. The molecule has 4 nitrogen and oxygen atoms in total. The maximum atomic E-state index is 12.8. The van der Waals surface area contributed by atoms with E-state index in [9.17, 15) is 4.79 Å². The van der Waals surface area contributed by atoms with Crippen molar-refractivity contribution < 1.29 is 4.79 Å². The summed E-state index contributed by atoms with van der Waals surface area (Å²) in [6.07, 6.45) is 5.94. The molecule has 1 saturated carbocycles. The summed E-state index contributed by atoms with van der Waals surface area (Å²) in [5.41, 5.74) is 5.83. The first-order valence-electron chi connectivity index (χ1n) is 7.95. The highest BCUT2D eigenvalue weighted by atomic mass is 16.2. The average Bonchev–Trinajstić information content (AvgIpc) is 3.04. The van der Waals surface area contributed by atoms with Crippen molar-refractivity contribution in [3.05, 3.63) is 0 Å². The Hall–Kier alpha value is -0.610. The zero-order valence-electron chi connectivity index (χ0n) is 12.1. The van der Waals surface area contributed by atoms with Crippen LogP contribution >= 0.6 is 0 Å². The number of nitrogens with two attached hydrogens (primary N) is 1. The van der Waals surface area contributed by atoms with Crippen molar-refractivity contribution in [1.82, 2.24) is 9.80 Å². The van der Waals surface area contributed by atoms with Crippen LogP contribution in [-0.4, -0.2) is 54.0 Å². The maximum Gasteiger partial charge on any atom is 0.226 e. The Labute approximate surface area is 116 Å². The highest BCUT2D eigenvalue weighted by molar-refractivity contribution is 5.80. The van der Waals surface area contributed by atoms with Gasteiger partial charge in [0.2, 0.25) is 5.91 Å². The van der Waals surface area contributed by atoms with Gasteiger partial charge in [0.25, 0.3) is 0 Å². The van der Waals surface area contributed by atoms with Gasteiger partial charge in [-0.15, -0.1) is 0 Å². The largest absolute Gasteiger partial charge is 0.337 e. The van der Waals surface area contributed by atoms with Crippen LogP contribution in [0.4, 0.5) is 0 Å². The third kappa shape index (κ3) is 2.40. The molecule has 3 aliphatic rings. The molecule has 0 radical (unpaired) electrons. The zero-order chi connectivity index (χ0) is 13.4. The topological polar surface area (TPSA) is 49.6 Å². The van der Waals surface area contributed by atoms with E-state index in [0.717, 1.165) is 25.9 Å². The predicted molar refractivity (Wildman–Crippen MR) is 75.7 cm³/mol. The average molecular weight is 265 g/mol. The molecule has 4 atom stereocenters. The molecule has 3 rings (SSSR count). The number of hydrogen-bond donors (Lipinski definition) is 1. The second-order valence-electron chi connectivity index (χ2n) is 6.66. The van der Waals surface area contributed by atoms with Gasteiger partial charge in [0.05, 0.1) is 0 Å². The Morgan fingerprint density at radius 3 is 2.84 bits per heavy atom. The maximum absolute atomic E-state index is 12.8. The summed E-state index contributed by atoms with van der Waals surface area (Å²) in [6, 6.07) is 0.999. The third-order valence-corrected chi connectivity index (χ3v) is 5.50. The summed E-state index contributed by atoms with van der Waals surface area (Å²) in [5.74, 6) is 1.04. The molecule has 4 heteroatoms. The second-order valence-corrected chi connectivity index (χ2v) is 6.66. The van der Waals surface area contributed by atoms with Crippen molar-refractivity contribution in [1.29, 1.82) is 0 Å². The first kappa shape index (κ1) is 13.4. The first-order chi connectivity index (χ1) is 9.20. The molecule has 0 aromatic carbocycles. The Morgan fingerprint density at radius 1 is 1.21 bits per heavy atom. The molecule has 1 aliphatic carbocycles. The highest BCUT2D eigenvalue weighted by Crippen LogP contribution is 2.34. The molecule has 2 saturated heterocycles. The summed E-state index contributed by atoms with van der Waals surface area (Å²) in [4.78, 5) is 17.6. The van der Waals surface area contributed by atoms with Gasteiger partial charge in [0.1, 0.15) is 0 Å². The Morgan fingerprint density at radius 2 is 2.05 bits per heavy atom. The standard InChI is InChI=1S/C15H27N3O/c1-11-9-17-7-3-5-13(17)10-18(11)15(19)14-6-2-4-12(14)8-16/h11-14H,2-10,16H2,1H3. The molecule has 0 spiro atoms. The molecule has 2 heterocycles. The van der Waals surface area contributed by atoms with Crippen LogP contribution in [0.3, 0.4) is 0 Å². The number of hydrogen-bond acceptors (Lipinski definition) is 3. The number of fused-ring (bicyclic) bond motifs is 1. The molecule has 19 heavy (non-hydrogen) atoms. The van der Waals surface area contributed by atoms with E-state index >= 15 is 0 Å². The van der Waals surface area contributed by atoms with Gasteiger partial charge >= 0.3 is 0 Å². The molecule has 1 amide bonds. The molecule has 2 aliphatic heterocycles. The minimum Gasteiger partial charge on any atom is -0.337 e. The van der Waals surface area contributed by atoms with Gasteiger partial charge in [0.15, 0.2) is 0 Å². The van der Waals surface area contributed by atoms with Gasteiger partial charge in [-0.05, 0) is 51.6 Å². The Balaban J connectivity index is 1.68. The summed E-state index contributed by atoms with van der Waals surface area (Å²) in [7, 11) is 0. The number of piperazine rings is 1. The SMILES string of the molecule is CC1CN2CCCC2CN1C(=O)C1CCCC1CN. The molecular weight excluding hydrogens is 238 g/mol. The number of carbonyl (C=O) groups excluding carboxylic acids is 1. The normalized spacial score (nSPS) is 39.6. The monoisotopic (exact) mass is 265 g/mol. The second kappa shape index (κ2) is 5.41. The van der Waals surface area contributed by atoms with E-state index in [4.69, 9.17) is 5.73 Å². The minimum absolute atomic E-state index is 0.209. The van der Waals surface area contributed by atoms with Crippen LogP contribution in [0.2, 0.25) is 0 Å². The summed E-state index contributed by atoms with van der Waals surface area (Å²) in [5, 5.41) is 0. The Bertz CT molecular complexity index is 346. The molecule has 108 valence electrons. The van der Waals surface area contributed by atoms with Gasteiger partial charge in [-0.1, -0.05) is 6.42 Å². The van der Waals surface area contributed by atoms with Crippen LogP contribution in [0.5, 0.6) is 0 Å². The van der Waals surface area contributed by atoms with Crippen molar-refractivity contribution in [2.45, 2.75) is 51.1 Å². The smallest absolute Gasteiger partial charge is 0.226 e. The molecule has 0 bridgehead atoms. The summed E-state index contributed by atoms with van der Waals surface area (Å²) >= 11 is 0. The lowest BCUT2D eigenvalue weighted by Crippen LogP contribution is -2.58. The zero-order valence-corrected chi connectivity index (χ0v) is 12.1. The van der Waals surface area contributed by atoms with Gasteiger partial charge in [-0.2, -0.15) is 0 Å². The van der Waals surface area contributed by atoms with Gasteiger partial charge in [0, 0.05) is 31.1 Å². The van der Waals surface area contributed by atoms with Crippen LogP contribution < -0.4 is 5.73 Å². The molecule has 0 aromatic heterocycles. The number of carbonyl (C=O) groups is 1. The predicted octanol–water partition coefficient (Wildman–Crippen LogP) is 1.06. The molecular formula is C15H27N3O. The van der Waals surface area contributed by atoms with Crippen LogP contribution in [0.1, 0.15) is 39.0 Å². The van der Waals surface area contributed by atoms with Gasteiger partial charge in [-0.3, -0.25) is 9.69 Å². The number of amides is 1. The van der Waals surface area contributed by atoms with Gasteiger partial charge in [-0.25, -0.2) is 0 Å².